The van der Waals surface area contributed by atoms with Crippen molar-refractivity contribution >= 4 is 11.8 Å². The van der Waals surface area contributed by atoms with Gasteiger partial charge in [0.1, 0.15) is 5.75 Å². The summed E-state index contributed by atoms with van der Waals surface area (Å²) in [5.41, 5.74) is 4.16. The number of amides is 2. The first-order chi connectivity index (χ1) is 14.3. The van der Waals surface area contributed by atoms with E-state index in [1.807, 2.05) is 48.2 Å². The Balaban J connectivity index is 1.46. The zero-order valence-corrected chi connectivity index (χ0v) is 18.4. The Bertz CT molecular complexity index is 899. The molecule has 5 heteroatoms. The van der Waals surface area contributed by atoms with Crippen LogP contribution < -0.4 is 10.1 Å². The van der Waals surface area contributed by atoms with E-state index >= 15 is 0 Å². The molecule has 0 spiro atoms. The first-order valence-corrected chi connectivity index (χ1v) is 10.7. The van der Waals surface area contributed by atoms with Gasteiger partial charge < -0.3 is 15.0 Å². The maximum atomic E-state index is 12.5. The molecule has 1 aliphatic heterocycles. The number of carbonyl (C=O) groups excluding carboxylic acids is 2. The summed E-state index contributed by atoms with van der Waals surface area (Å²) >= 11 is 0. The number of ether oxygens (including phenoxy) is 1. The number of benzene rings is 2. The van der Waals surface area contributed by atoms with Gasteiger partial charge in [-0.2, -0.15) is 0 Å². The van der Waals surface area contributed by atoms with Gasteiger partial charge >= 0.3 is 0 Å². The Morgan fingerprint density at radius 2 is 1.77 bits per heavy atom. The fourth-order valence-corrected chi connectivity index (χ4v) is 3.99. The molecule has 0 unspecified atom stereocenters. The average Bonchev–Trinajstić information content (AvgIpc) is 2.72. The van der Waals surface area contributed by atoms with E-state index in [1.54, 1.807) is 0 Å². The van der Waals surface area contributed by atoms with Crippen LogP contribution in [-0.4, -0.2) is 42.5 Å². The summed E-state index contributed by atoms with van der Waals surface area (Å²) in [7, 11) is 0. The Morgan fingerprint density at radius 3 is 2.40 bits per heavy atom. The van der Waals surface area contributed by atoms with Crippen LogP contribution >= 0.6 is 0 Å². The summed E-state index contributed by atoms with van der Waals surface area (Å²) in [5.74, 6) is 1.14. The Labute approximate surface area is 179 Å². The van der Waals surface area contributed by atoms with Crippen LogP contribution in [0.4, 0.5) is 0 Å². The van der Waals surface area contributed by atoms with E-state index in [-0.39, 0.29) is 24.5 Å². The number of nitrogens with one attached hydrogen (secondary N) is 1. The molecular formula is C25H32N2O3. The van der Waals surface area contributed by atoms with Crippen LogP contribution in [0.1, 0.15) is 59.7 Å². The SMILES string of the molecule is Cc1ccccc1C(=O)NC1CCN(C(=O)COc2ccc(C(C)C)c(C)c2)CC1. The largest absolute Gasteiger partial charge is 0.484 e. The summed E-state index contributed by atoms with van der Waals surface area (Å²) in [6, 6.07) is 13.7. The molecule has 0 aromatic heterocycles. The average molecular weight is 409 g/mol. The molecule has 2 aromatic carbocycles. The van der Waals surface area contributed by atoms with E-state index in [9.17, 15) is 9.59 Å². The van der Waals surface area contributed by atoms with E-state index in [0.717, 1.165) is 24.2 Å². The lowest BCUT2D eigenvalue weighted by Crippen LogP contribution is -2.47. The summed E-state index contributed by atoms with van der Waals surface area (Å²) in [6.07, 6.45) is 1.51. The number of hydrogen-bond donors (Lipinski definition) is 1. The molecule has 0 bridgehead atoms. The summed E-state index contributed by atoms with van der Waals surface area (Å²) in [5, 5.41) is 3.11. The number of carbonyl (C=O) groups is 2. The number of hydrogen-bond acceptors (Lipinski definition) is 3. The van der Waals surface area contributed by atoms with Gasteiger partial charge in [-0.05, 0) is 67.5 Å². The molecule has 1 N–H and O–H groups in total. The lowest BCUT2D eigenvalue weighted by Gasteiger charge is -2.32. The van der Waals surface area contributed by atoms with Crippen LogP contribution in [0.15, 0.2) is 42.5 Å². The second-order valence-corrected chi connectivity index (χ2v) is 8.41. The molecule has 0 saturated carbocycles. The standard InChI is InChI=1S/C25H32N2O3/c1-17(2)22-10-9-21(15-19(22)4)30-16-24(28)27-13-11-20(12-14-27)26-25(29)23-8-6-5-7-18(23)3/h5-10,15,17,20H,11-14,16H2,1-4H3,(H,26,29). The van der Waals surface area contributed by atoms with Crippen molar-refractivity contribution < 1.29 is 14.3 Å². The predicted molar refractivity (Wildman–Crippen MR) is 119 cm³/mol. The molecule has 3 rings (SSSR count). The number of likely N-dealkylation sites (tertiary alicyclic amines) is 1. The van der Waals surface area contributed by atoms with Crippen molar-refractivity contribution in [2.75, 3.05) is 19.7 Å². The van der Waals surface area contributed by atoms with Crippen LogP contribution in [0.25, 0.3) is 0 Å². The molecule has 2 amide bonds. The first kappa shape index (κ1) is 21.9. The highest BCUT2D eigenvalue weighted by Crippen LogP contribution is 2.23. The Kier molecular flexibility index (Phi) is 7.14. The number of rotatable bonds is 6. The molecule has 1 aliphatic rings. The first-order valence-electron chi connectivity index (χ1n) is 10.7. The highest BCUT2D eigenvalue weighted by Gasteiger charge is 2.24. The maximum absolute atomic E-state index is 12.5. The van der Waals surface area contributed by atoms with Crippen molar-refractivity contribution in [1.82, 2.24) is 10.2 Å². The van der Waals surface area contributed by atoms with Crippen LogP contribution in [0.3, 0.4) is 0 Å². The van der Waals surface area contributed by atoms with Crippen LogP contribution in [-0.2, 0) is 4.79 Å². The minimum atomic E-state index is -0.0403. The normalized spacial score (nSPS) is 14.6. The highest BCUT2D eigenvalue weighted by molar-refractivity contribution is 5.95. The quantitative estimate of drug-likeness (QED) is 0.778. The zero-order chi connectivity index (χ0) is 21.7. The number of nitrogens with zero attached hydrogens (tertiary/aromatic N) is 1. The van der Waals surface area contributed by atoms with E-state index in [1.165, 1.54) is 11.1 Å². The lowest BCUT2D eigenvalue weighted by molar-refractivity contribution is -0.134. The van der Waals surface area contributed by atoms with Crippen molar-refractivity contribution in [1.29, 1.82) is 0 Å². The third-order valence-corrected chi connectivity index (χ3v) is 5.80. The van der Waals surface area contributed by atoms with Gasteiger partial charge in [-0.1, -0.05) is 38.1 Å². The van der Waals surface area contributed by atoms with Crippen molar-refractivity contribution in [3.63, 3.8) is 0 Å². The molecule has 160 valence electrons. The van der Waals surface area contributed by atoms with Crippen molar-refractivity contribution in [2.24, 2.45) is 0 Å². The third-order valence-electron chi connectivity index (χ3n) is 5.80. The molecule has 1 fully saturated rings. The fourth-order valence-electron chi connectivity index (χ4n) is 3.99. The van der Waals surface area contributed by atoms with Crippen LogP contribution in [0.5, 0.6) is 5.75 Å². The van der Waals surface area contributed by atoms with Gasteiger partial charge in [0.15, 0.2) is 6.61 Å². The highest BCUT2D eigenvalue weighted by atomic mass is 16.5. The van der Waals surface area contributed by atoms with E-state index < -0.39 is 0 Å². The topological polar surface area (TPSA) is 58.6 Å². The zero-order valence-electron chi connectivity index (χ0n) is 18.4. The van der Waals surface area contributed by atoms with Crippen molar-refractivity contribution in [3.05, 3.63) is 64.7 Å². The summed E-state index contributed by atoms with van der Waals surface area (Å²) < 4.78 is 5.74. The molecule has 0 aliphatic carbocycles. The molecule has 2 aromatic rings. The van der Waals surface area contributed by atoms with Crippen LogP contribution in [0.2, 0.25) is 0 Å². The smallest absolute Gasteiger partial charge is 0.260 e. The molecule has 0 radical (unpaired) electrons. The van der Waals surface area contributed by atoms with Gasteiger partial charge in [-0.3, -0.25) is 9.59 Å². The second-order valence-electron chi connectivity index (χ2n) is 8.41. The van der Waals surface area contributed by atoms with Gasteiger partial charge in [0.05, 0.1) is 0 Å². The van der Waals surface area contributed by atoms with Gasteiger partial charge in [-0.25, -0.2) is 0 Å². The second kappa shape index (κ2) is 9.79. The molecule has 0 atom stereocenters. The van der Waals surface area contributed by atoms with Crippen molar-refractivity contribution in [2.45, 2.75) is 52.5 Å². The summed E-state index contributed by atoms with van der Waals surface area (Å²) in [6.45, 7) is 9.64. The monoisotopic (exact) mass is 408 g/mol. The van der Waals surface area contributed by atoms with E-state index in [0.29, 0.717) is 24.6 Å². The minimum absolute atomic E-state index is 0.00994. The number of aryl methyl sites for hydroxylation is 2. The van der Waals surface area contributed by atoms with E-state index in [2.05, 4.69) is 32.2 Å². The third kappa shape index (κ3) is 5.41. The molecule has 30 heavy (non-hydrogen) atoms. The Morgan fingerprint density at radius 1 is 1.07 bits per heavy atom. The Hall–Kier alpha value is -2.82. The van der Waals surface area contributed by atoms with Crippen molar-refractivity contribution in [3.8, 4) is 5.75 Å². The van der Waals surface area contributed by atoms with Gasteiger partial charge in [0.2, 0.25) is 0 Å². The van der Waals surface area contributed by atoms with E-state index in [4.69, 9.17) is 4.74 Å². The minimum Gasteiger partial charge on any atom is -0.484 e. The number of piperidine rings is 1. The fraction of sp³-hybridized carbons (Fsp3) is 0.440. The molecule has 5 nitrogen and oxygen atoms in total. The molecular weight excluding hydrogens is 376 g/mol. The van der Waals surface area contributed by atoms with Crippen LogP contribution in [0, 0.1) is 13.8 Å². The van der Waals surface area contributed by atoms with Gasteiger partial charge in [-0.15, -0.1) is 0 Å². The van der Waals surface area contributed by atoms with Gasteiger partial charge in [0, 0.05) is 24.7 Å². The van der Waals surface area contributed by atoms with Gasteiger partial charge in [0.25, 0.3) is 11.8 Å². The lowest BCUT2D eigenvalue weighted by atomic mass is 9.98. The maximum Gasteiger partial charge on any atom is 0.260 e. The summed E-state index contributed by atoms with van der Waals surface area (Å²) in [4.78, 5) is 26.9. The molecule has 1 saturated heterocycles. The predicted octanol–water partition coefficient (Wildman–Crippen LogP) is 4.23. The molecule has 1 heterocycles.